The second kappa shape index (κ2) is 7.27. The van der Waals surface area contributed by atoms with Gasteiger partial charge in [-0.3, -0.25) is 4.79 Å². The van der Waals surface area contributed by atoms with E-state index >= 15 is 0 Å². The Bertz CT molecular complexity index is 938. The van der Waals surface area contributed by atoms with E-state index in [1.807, 2.05) is 35.2 Å². The molecule has 1 amide bonds. The lowest BCUT2D eigenvalue weighted by molar-refractivity contribution is -0.132. The SMILES string of the molecule is N#Cc1ccc(CCC(=O)N2CCCC2c2nc3ccccc3s2)cc1. The lowest BCUT2D eigenvalue weighted by atomic mass is 10.1. The van der Waals surface area contributed by atoms with E-state index < -0.39 is 0 Å². The van der Waals surface area contributed by atoms with Crippen molar-refractivity contribution in [1.82, 2.24) is 9.88 Å². The van der Waals surface area contributed by atoms with Gasteiger partial charge in [0.1, 0.15) is 5.01 Å². The zero-order chi connectivity index (χ0) is 17.9. The van der Waals surface area contributed by atoms with E-state index in [-0.39, 0.29) is 11.9 Å². The molecule has 1 unspecified atom stereocenters. The van der Waals surface area contributed by atoms with Crippen LogP contribution in [0, 0.1) is 11.3 Å². The summed E-state index contributed by atoms with van der Waals surface area (Å²) < 4.78 is 1.18. The average Bonchev–Trinajstić information content (AvgIpc) is 3.32. The second-order valence-electron chi connectivity index (χ2n) is 6.57. The highest BCUT2D eigenvalue weighted by Crippen LogP contribution is 2.36. The summed E-state index contributed by atoms with van der Waals surface area (Å²) in [6.45, 7) is 0.812. The third-order valence-electron chi connectivity index (χ3n) is 4.88. The fourth-order valence-electron chi connectivity index (χ4n) is 3.50. The van der Waals surface area contributed by atoms with Crippen molar-refractivity contribution in [1.29, 1.82) is 5.26 Å². The Hall–Kier alpha value is -2.71. The molecule has 5 heteroatoms. The number of aromatic nitrogens is 1. The molecule has 26 heavy (non-hydrogen) atoms. The van der Waals surface area contributed by atoms with Crippen molar-refractivity contribution in [2.45, 2.75) is 31.7 Å². The number of hydrogen-bond acceptors (Lipinski definition) is 4. The second-order valence-corrected chi connectivity index (χ2v) is 7.64. The zero-order valence-corrected chi connectivity index (χ0v) is 15.2. The first-order valence-corrected chi connectivity index (χ1v) is 9.70. The minimum absolute atomic E-state index is 0.112. The number of nitriles is 1. The van der Waals surface area contributed by atoms with Crippen LogP contribution in [0.25, 0.3) is 10.2 Å². The van der Waals surface area contributed by atoms with E-state index in [9.17, 15) is 4.79 Å². The fourth-order valence-corrected chi connectivity index (χ4v) is 4.61. The number of hydrogen-bond donors (Lipinski definition) is 0. The van der Waals surface area contributed by atoms with Crippen LogP contribution in [-0.2, 0) is 11.2 Å². The first kappa shape index (κ1) is 16.7. The molecule has 4 nitrogen and oxygen atoms in total. The van der Waals surface area contributed by atoms with Crippen LogP contribution >= 0.6 is 11.3 Å². The monoisotopic (exact) mass is 361 g/mol. The summed E-state index contributed by atoms with van der Waals surface area (Å²) >= 11 is 1.70. The molecule has 1 aliphatic rings. The van der Waals surface area contributed by atoms with Gasteiger partial charge in [0.05, 0.1) is 27.9 Å². The zero-order valence-electron chi connectivity index (χ0n) is 14.4. The van der Waals surface area contributed by atoms with Crippen molar-refractivity contribution in [2.24, 2.45) is 0 Å². The maximum absolute atomic E-state index is 12.8. The van der Waals surface area contributed by atoms with Gasteiger partial charge < -0.3 is 4.90 Å². The van der Waals surface area contributed by atoms with Crippen LogP contribution in [0.2, 0.25) is 0 Å². The van der Waals surface area contributed by atoms with Crippen LogP contribution in [0.4, 0.5) is 0 Å². The molecule has 4 rings (SSSR count). The molecule has 3 aromatic rings. The summed E-state index contributed by atoms with van der Waals surface area (Å²) in [5.74, 6) is 0.191. The maximum Gasteiger partial charge on any atom is 0.223 e. The molecule has 1 fully saturated rings. The Labute approximate surface area is 156 Å². The van der Waals surface area contributed by atoms with Crippen molar-refractivity contribution >= 4 is 27.5 Å². The number of carbonyl (C=O) groups is 1. The van der Waals surface area contributed by atoms with Crippen molar-refractivity contribution in [3.8, 4) is 6.07 Å². The smallest absolute Gasteiger partial charge is 0.223 e. The van der Waals surface area contributed by atoms with E-state index in [2.05, 4.69) is 12.1 Å². The van der Waals surface area contributed by atoms with Crippen molar-refractivity contribution < 1.29 is 4.79 Å². The number of rotatable bonds is 4. The highest BCUT2D eigenvalue weighted by Gasteiger charge is 2.31. The van der Waals surface area contributed by atoms with E-state index in [1.54, 1.807) is 23.5 Å². The van der Waals surface area contributed by atoms with Crippen LogP contribution in [-0.4, -0.2) is 22.3 Å². The van der Waals surface area contributed by atoms with Gasteiger partial charge in [0, 0.05) is 13.0 Å². The van der Waals surface area contributed by atoms with Gasteiger partial charge in [0.2, 0.25) is 5.91 Å². The number of fused-ring (bicyclic) bond motifs is 1. The molecule has 2 heterocycles. The highest BCUT2D eigenvalue weighted by molar-refractivity contribution is 7.18. The first-order chi connectivity index (χ1) is 12.7. The van der Waals surface area contributed by atoms with Gasteiger partial charge in [-0.1, -0.05) is 24.3 Å². The van der Waals surface area contributed by atoms with E-state index in [1.165, 1.54) is 4.70 Å². The Morgan fingerprint density at radius 3 is 2.81 bits per heavy atom. The largest absolute Gasteiger partial charge is 0.333 e. The highest BCUT2D eigenvalue weighted by atomic mass is 32.1. The van der Waals surface area contributed by atoms with Gasteiger partial charge in [-0.2, -0.15) is 5.26 Å². The topological polar surface area (TPSA) is 57.0 Å². The summed E-state index contributed by atoms with van der Waals surface area (Å²) in [7, 11) is 0. The van der Waals surface area contributed by atoms with Crippen molar-refractivity contribution in [3.63, 3.8) is 0 Å². The molecule has 1 aliphatic heterocycles. The van der Waals surface area contributed by atoms with Gasteiger partial charge in [-0.05, 0) is 49.1 Å². The van der Waals surface area contributed by atoms with Crippen molar-refractivity contribution in [2.75, 3.05) is 6.54 Å². The van der Waals surface area contributed by atoms with Crippen LogP contribution in [0.5, 0.6) is 0 Å². The molecule has 1 atom stereocenters. The summed E-state index contributed by atoms with van der Waals surface area (Å²) in [5, 5.41) is 9.92. The lowest BCUT2D eigenvalue weighted by Gasteiger charge is -2.23. The number of likely N-dealkylation sites (tertiary alicyclic amines) is 1. The molecular weight excluding hydrogens is 342 g/mol. The number of amides is 1. The molecule has 0 radical (unpaired) electrons. The normalized spacial score (nSPS) is 16.7. The standard InChI is InChI=1S/C21H19N3OS/c22-14-16-9-7-15(8-10-16)11-12-20(25)24-13-3-5-18(24)21-23-17-4-1-2-6-19(17)26-21/h1-2,4,6-10,18H,3,5,11-13H2. The van der Waals surface area contributed by atoms with Crippen LogP contribution < -0.4 is 0 Å². The Kier molecular flexibility index (Phi) is 4.68. The summed E-state index contributed by atoms with van der Waals surface area (Å²) in [4.78, 5) is 19.6. The maximum atomic E-state index is 12.8. The number of para-hydroxylation sites is 1. The average molecular weight is 361 g/mol. The third kappa shape index (κ3) is 3.33. The molecule has 0 bridgehead atoms. The number of nitrogens with zero attached hydrogens (tertiary/aromatic N) is 3. The van der Waals surface area contributed by atoms with Crippen LogP contribution in [0.3, 0.4) is 0 Å². The predicted molar refractivity (Wildman–Crippen MR) is 103 cm³/mol. The summed E-state index contributed by atoms with van der Waals surface area (Å²) in [6, 6.07) is 17.8. The molecule has 2 aromatic carbocycles. The lowest BCUT2D eigenvalue weighted by Crippen LogP contribution is -2.30. The fraction of sp³-hybridized carbons (Fsp3) is 0.286. The van der Waals surface area contributed by atoms with Crippen LogP contribution in [0.15, 0.2) is 48.5 Å². The third-order valence-corrected chi connectivity index (χ3v) is 6.02. The van der Waals surface area contributed by atoms with E-state index in [4.69, 9.17) is 10.2 Å². The molecule has 0 saturated carbocycles. The summed E-state index contributed by atoms with van der Waals surface area (Å²) in [6.07, 6.45) is 3.21. The Balaban J connectivity index is 1.45. The minimum Gasteiger partial charge on any atom is -0.333 e. The molecule has 130 valence electrons. The number of aryl methyl sites for hydroxylation is 1. The number of benzene rings is 2. The Morgan fingerprint density at radius 2 is 2.04 bits per heavy atom. The Morgan fingerprint density at radius 1 is 1.23 bits per heavy atom. The molecule has 1 aromatic heterocycles. The van der Waals surface area contributed by atoms with Gasteiger partial charge in [0.25, 0.3) is 0 Å². The molecule has 1 saturated heterocycles. The molecule has 0 N–H and O–H groups in total. The van der Waals surface area contributed by atoms with Gasteiger partial charge >= 0.3 is 0 Å². The molecule has 0 spiro atoms. The van der Waals surface area contributed by atoms with Crippen LogP contribution in [0.1, 0.15) is 41.4 Å². The van der Waals surface area contributed by atoms with Gasteiger partial charge in [-0.25, -0.2) is 4.98 Å². The van der Waals surface area contributed by atoms with Gasteiger partial charge in [-0.15, -0.1) is 11.3 Å². The van der Waals surface area contributed by atoms with Gasteiger partial charge in [0.15, 0.2) is 0 Å². The van der Waals surface area contributed by atoms with E-state index in [0.717, 1.165) is 35.5 Å². The quantitative estimate of drug-likeness (QED) is 0.689. The van der Waals surface area contributed by atoms with Crippen molar-refractivity contribution in [3.05, 3.63) is 64.7 Å². The number of carbonyl (C=O) groups excluding carboxylic acids is 1. The summed E-state index contributed by atoms with van der Waals surface area (Å²) in [5.41, 5.74) is 2.76. The first-order valence-electron chi connectivity index (χ1n) is 8.88. The van der Waals surface area contributed by atoms with E-state index in [0.29, 0.717) is 18.4 Å². The predicted octanol–water partition coefficient (Wildman–Crippen LogP) is 4.46. The molecular formula is C21H19N3OS. The minimum atomic E-state index is 0.112. The molecule has 0 aliphatic carbocycles. The number of thiazole rings is 1.